The van der Waals surface area contributed by atoms with E-state index in [9.17, 15) is 14.4 Å². The van der Waals surface area contributed by atoms with Gasteiger partial charge in [-0.2, -0.15) is 0 Å². The number of carbonyl (C=O) groups excluding carboxylic acids is 3. The fourth-order valence-corrected chi connectivity index (χ4v) is 2.57. The SMILES string of the molecule is CC(C)(C)OC(=O)N[C@@H](Cc1c[nH]c2ccccc12)C(=O)C(=O)CCl. The number of alkyl carbamates (subject to hydrolysis) is 1. The molecule has 134 valence electrons. The fourth-order valence-electron chi connectivity index (χ4n) is 2.44. The lowest BCUT2D eigenvalue weighted by Gasteiger charge is -2.22. The monoisotopic (exact) mass is 364 g/mol. The van der Waals surface area contributed by atoms with E-state index in [-0.39, 0.29) is 6.42 Å². The summed E-state index contributed by atoms with van der Waals surface area (Å²) in [6, 6.07) is 6.53. The van der Waals surface area contributed by atoms with E-state index in [0.717, 1.165) is 16.5 Å². The van der Waals surface area contributed by atoms with Gasteiger partial charge in [-0.3, -0.25) is 9.59 Å². The van der Waals surface area contributed by atoms with Crippen LogP contribution in [0.1, 0.15) is 26.3 Å². The van der Waals surface area contributed by atoms with Gasteiger partial charge in [0.15, 0.2) is 0 Å². The highest BCUT2D eigenvalue weighted by Gasteiger charge is 2.29. The van der Waals surface area contributed by atoms with Crippen molar-refractivity contribution in [2.45, 2.75) is 38.8 Å². The number of hydrogen-bond acceptors (Lipinski definition) is 4. The summed E-state index contributed by atoms with van der Waals surface area (Å²) in [6.45, 7) is 5.15. The number of H-pyrrole nitrogens is 1. The van der Waals surface area contributed by atoms with E-state index in [4.69, 9.17) is 16.3 Å². The number of rotatable bonds is 6. The van der Waals surface area contributed by atoms with Crippen molar-refractivity contribution < 1.29 is 19.1 Å². The molecule has 2 aromatic rings. The second-order valence-electron chi connectivity index (χ2n) is 6.68. The van der Waals surface area contributed by atoms with Crippen molar-refractivity contribution >= 4 is 40.2 Å². The molecule has 6 nitrogen and oxygen atoms in total. The number of benzene rings is 1. The van der Waals surface area contributed by atoms with Crippen LogP contribution in [0.4, 0.5) is 4.79 Å². The number of Topliss-reactive ketones (excluding diaryl/α,β-unsaturated/α-hetero) is 2. The lowest BCUT2D eigenvalue weighted by atomic mass is 10.00. The van der Waals surface area contributed by atoms with Crippen molar-refractivity contribution in [3.05, 3.63) is 36.0 Å². The molecule has 1 atom stereocenters. The number of ether oxygens (including phenoxy) is 1. The number of hydrogen-bond donors (Lipinski definition) is 2. The summed E-state index contributed by atoms with van der Waals surface area (Å²) < 4.78 is 5.18. The second kappa shape index (κ2) is 7.70. The van der Waals surface area contributed by atoms with Gasteiger partial charge in [0.25, 0.3) is 0 Å². The molecule has 7 heteroatoms. The first-order valence-corrected chi connectivity index (χ1v) is 8.42. The van der Waals surface area contributed by atoms with Gasteiger partial charge in [-0.15, -0.1) is 11.6 Å². The summed E-state index contributed by atoms with van der Waals surface area (Å²) >= 11 is 5.49. The number of aromatic amines is 1. The number of amides is 1. The minimum Gasteiger partial charge on any atom is -0.444 e. The quantitative estimate of drug-likeness (QED) is 0.609. The molecule has 0 saturated carbocycles. The zero-order valence-corrected chi connectivity index (χ0v) is 15.1. The number of fused-ring (bicyclic) bond motifs is 1. The van der Waals surface area contributed by atoms with Crippen LogP contribution in [0.3, 0.4) is 0 Å². The second-order valence-corrected chi connectivity index (χ2v) is 6.95. The van der Waals surface area contributed by atoms with Gasteiger partial charge in [0.2, 0.25) is 11.6 Å². The molecule has 0 fully saturated rings. The van der Waals surface area contributed by atoms with Crippen LogP contribution in [0.2, 0.25) is 0 Å². The smallest absolute Gasteiger partial charge is 0.408 e. The Hall–Kier alpha value is -2.34. The summed E-state index contributed by atoms with van der Waals surface area (Å²) in [4.78, 5) is 39.2. The average Bonchev–Trinajstić information content (AvgIpc) is 2.94. The van der Waals surface area contributed by atoms with Crippen LogP contribution in [0.25, 0.3) is 10.9 Å². The highest BCUT2D eigenvalue weighted by molar-refractivity contribution is 6.48. The maximum absolute atomic E-state index is 12.3. The van der Waals surface area contributed by atoms with Gasteiger partial charge in [0.05, 0.1) is 5.88 Å². The molecule has 1 heterocycles. The first kappa shape index (κ1) is 19.0. The summed E-state index contributed by atoms with van der Waals surface area (Å²) in [6.07, 6.45) is 1.16. The molecule has 0 spiro atoms. The Morgan fingerprint density at radius 2 is 1.92 bits per heavy atom. The molecule has 1 amide bonds. The van der Waals surface area contributed by atoms with Crippen LogP contribution in [0, 0.1) is 0 Å². The summed E-state index contributed by atoms with van der Waals surface area (Å²) in [7, 11) is 0. The zero-order valence-electron chi connectivity index (χ0n) is 14.4. The molecule has 1 aromatic heterocycles. The minimum absolute atomic E-state index is 0.157. The molecule has 2 rings (SSSR count). The van der Waals surface area contributed by atoms with E-state index < -0.39 is 35.2 Å². The summed E-state index contributed by atoms with van der Waals surface area (Å²) in [5.74, 6) is -1.92. The van der Waals surface area contributed by atoms with E-state index in [0.29, 0.717) is 0 Å². The van der Waals surface area contributed by atoms with Crippen molar-refractivity contribution in [1.29, 1.82) is 0 Å². The third-order valence-electron chi connectivity index (χ3n) is 3.50. The van der Waals surface area contributed by atoms with Crippen LogP contribution in [-0.4, -0.2) is 40.2 Å². The lowest BCUT2D eigenvalue weighted by Crippen LogP contribution is -2.47. The van der Waals surface area contributed by atoms with Gasteiger partial charge in [-0.05, 0) is 32.4 Å². The third kappa shape index (κ3) is 5.06. The van der Waals surface area contributed by atoms with Crippen molar-refractivity contribution in [1.82, 2.24) is 10.3 Å². The van der Waals surface area contributed by atoms with Crippen molar-refractivity contribution in [2.24, 2.45) is 0 Å². The molecular formula is C18H21ClN2O4. The number of carbonyl (C=O) groups is 3. The molecule has 0 radical (unpaired) electrons. The highest BCUT2D eigenvalue weighted by atomic mass is 35.5. The van der Waals surface area contributed by atoms with E-state index >= 15 is 0 Å². The number of alkyl halides is 1. The lowest BCUT2D eigenvalue weighted by molar-refractivity contribution is -0.136. The Labute approximate surface area is 150 Å². The summed E-state index contributed by atoms with van der Waals surface area (Å²) in [5.41, 5.74) is 1.01. The standard InChI is InChI=1S/C18H21ClN2O4/c1-18(2,3)25-17(24)21-14(16(23)15(22)9-19)8-11-10-20-13-7-5-4-6-12(11)13/h4-7,10,14,20H,8-9H2,1-3H3,(H,21,24)/t14-/m0/s1. The first-order chi connectivity index (χ1) is 11.7. The molecule has 0 bridgehead atoms. The van der Waals surface area contributed by atoms with Crippen molar-refractivity contribution in [2.75, 3.05) is 5.88 Å². The van der Waals surface area contributed by atoms with E-state index in [2.05, 4.69) is 10.3 Å². The van der Waals surface area contributed by atoms with Crippen LogP contribution >= 0.6 is 11.6 Å². The van der Waals surface area contributed by atoms with Crippen LogP contribution in [-0.2, 0) is 20.7 Å². The van der Waals surface area contributed by atoms with Crippen LogP contribution in [0.5, 0.6) is 0 Å². The molecule has 2 N–H and O–H groups in total. The number of ketones is 2. The summed E-state index contributed by atoms with van der Waals surface area (Å²) in [5, 5.41) is 3.41. The number of para-hydroxylation sites is 1. The van der Waals surface area contributed by atoms with Gasteiger partial charge in [-0.25, -0.2) is 4.79 Å². The van der Waals surface area contributed by atoms with Gasteiger partial charge >= 0.3 is 6.09 Å². The Bertz CT molecular complexity index is 792. The molecule has 0 aliphatic heterocycles. The normalized spacial score (nSPS) is 12.6. The maximum Gasteiger partial charge on any atom is 0.408 e. The minimum atomic E-state index is -1.04. The predicted molar refractivity (Wildman–Crippen MR) is 95.9 cm³/mol. The molecular weight excluding hydrogens is 344 g/mol. The van der Waals surface area contributed by atoms with Gasteiger partial charge in [0.1, 0.15) is 11.6 Å². The molecule has 0 aliphatic carbocycles. The Balaban J connectivity index is 2.23. The molecule has 0 aliphatic rings. The average molecular weight is 365 g/mol. The van der Waals surface area contributed by atoms with E-state index in [1.54, 1.807) is 27.0 Å². The van der Waals surface area contributed by atoms with Crippen molar-refractivity contribution in [3.63, 3.8) is 0 Å². The fraction of sp³-hybridized carbons (Fsp3) is 0.389. The number of aromatic nitrogens is 1. The van der Waals surface area contributed by atoms with Crippen molar-refractivity contribution in [3.8, 4) is 0 Å². The third-order valence-corrected chi connectivity index (χ3v) is 3.75. The number of nitrogens with one attached hydrogen (secondary N) is 2. The van der Waals surface area contributed by atoms with E-state index in [1.165, 1.54) is 0 Å². The number of halogens is 1. The largest absolute Gasteiger partial charge is 0.444 e. The topological polar surface area (TPSA) is 88.3 Å². The molecule has 0 unspecified atom stereocenters. The predicted octanol–water partition coefficient (Wildman–Crippen LogP) is 2.98. The van der Waals surface area contributed by atoms with Crippen LogP contribution in [0.15, 0.2) is 30.5 Å². The van der Waals surface area contributed by atoms with Crippen LogP contribution < -0.4 is 5.32 Å². The molecule has 1 aromatic carbocycles. The van der Waals surface area contributed by atoms with E-state index in [1.807, 2.05) is 24.3 Å². The maximum atomic E-state index is 12.3. The Morgan fingerprint density at radius 3 is 2.56 bits per heavy atom. The van der Waals surface area contributed by atoms with Gasteiger partial charge in [0, 0.05) is 23.5 Å². The van der Waals surface area contributed by atoms with Gasteiger partial charge < -0.3 is 15.0 Å². The Morgan fingerprint density at radius 1 is 1.24 bits per heavy atom. The highest BCUT2D eigenvalue weighted by Crippen LogP contribution is 2.19. The molecule has 25 heavy (non-hydrogen) atoms. The zero-order chi connectivity index (χ0) is 18.6. The molecule has 0 saturated heterocycles. The Kier molecular flexibility index (Phi) is 5.85. The first-order valence-electron chi connectivity index (χ1n) is 7.89. The van der Waals surface area contributed by atoms with Gasteiger partial charge in [-0.1, -0.05) is 18.2 Å².